The normalized spacial score (nSPS) is 11.5. The van der Waals surface area contributed by atoms with Crippen molar-refractivity contribution in [2.75, 3.05) is 0 Å². The molecule has 0 N–H and O–H groups in total. The molecule has 14 heavy (non-hydrogen) atoms. The van der Waals surface area contributed by atoms with E-state index in [0.717, 1.165) is 26.7 Å². The minimum atomic E-state index is -0.0476. The molecule has 0 unspecified atom stereocenters. The third-order valence-electron chi connectivity index (χ3n) is 1.94. The zero-order valence-corrected chi connectivity index (χ0v) is 9.12. The molecule has 2 aromatic heterocycles. The maximum absolute atomic E-state index is 11.4. The number of hydrogen-bond donors (Lipinski definition) is 0. The van der Waals surface area contributed by atoms with Gasteiger partial charge in [-0.15, -0.1) is 0 Å². The molecule has 0 spiro atoms. The van der Waals surface area contributed by atoms with E-state index in [4.69, 9.17) is 11.6 Å². The molecule has 0 atom stereocenters. The first-order valence-electron chi connectivity index (χ1n) is 3.82. The van der Waals surface area contributed by atoms with Crippen LogP contribution in [0.15, 0.2) is 23.0 Å². The standard InChI is InChI=1S/C8H3ClN2OS2/c9-4-1-2-5-6(3-4)13-7-10-14-8(12)11(5)7/h1-3H. The van der Waals surface area contributed by atoms with Gasteiger partial charge >= 0.3 is 4.87 Å². The number of thiazole rings is 1. The predicted molar refractivity (Wildman–Crippen MR) is 59.7 cm³/mol. The van der Waals surface area contributed by atoms with Crippen LogP contribution in [0.1, 0.15) is 0 Å². The van der Waals surface area contributed by atoms with Crippen LogP contribution in [0.25, 0.3) is 15.2 Å². The summed E-state index contributed by atoms with van der Waals surface area (Å²) in [4.78, 5) is 12.1. The van der Waals surface area contributed by atoms with Crippen molar-refractivity contribution in [3.8, 4) is 0 Å². The first kappa shape index (κ1) is 8.40. The summed E-state index contributed by atoms with van der Waals surface area (Å²) in [5, 5.41) is 0.679. The molecule has 70 valence electrons. The Bertz CT molecular complexity index is 681. The van der Waals surface area contributed by atoms with Crippen molar-refractivity contribution in [3.05, 3.63) is 32.9 Å². The third kappa shape index (κ3) is 1.03. The van der Waals surface area contributed by atoms with Gasteiger partial charge in [0, 0.05) is 16.6 Å². The van der Waals surface area contributed by atoms with E-state index >= 15 is 0 Å². The number of nitrogens with zero attached hydrogens (tertiary/aromatic N) is 2. The van der Waals surface area contributed by atoms with Gasteiger partial charge < -0.3 is 0 Å². The first-order valence-corrected chi connectivity index (χ1v) is 5.79. The van der Waals surface area contributed by atoms with Crippen LogP contribution in [0.5, 0.6) is 0 Å². The van der Waals surface area contributed by atoms with Crippen LogP contribution in [0.3, 0.4) is 0 Å². The Hall–Kier alpha value is -0.910. The van der Waals surface area contributed by atoms with E-state index in [9.17, 15) is 4.79 Å². The first-order chi connectivity index (χ1) is 6.75. The largest absolute Gasteiger partial charge is 0.331 e. The molecule has 3 rings (SSSR count). The summed E-state index contributed by atoms with van der Waals surface area (Å²) < 4.78 is 6.66. The maximum Gasteiger partial charge on any atom is 0.331 e. The van der Waals surface area contributed by atoms with E-state index in [1.807, 2.05) is 12.1 Å². The average molecular weight is 243 g/mol. The van der Waals surface area contributed by atoms with Crippen molar-refractivity contribution < 1.29 is 0 Å². The summed E-state index contributed by atoms with van der Waals surface area (Å²) in [7, 11) is 0. The lowest BCUT2D eigenvalue weighted by Gasteiger charge is -1.89. The molecule has 0 aliphatic heterocycles. The maximum atomic E-state index is 11.4. The smallest absolute Gasteiger partial charge is 0.255 e. The number of fused-ring (bicyclic) bond motifs is 3. The van der Waals surface area contributed by atoms with E-state index in [1.165, 1.54) is 11.3 Å². The second-order valence-electron chi connectivity index (χ2n) is 2.78. The van der Waals surface area contributed by atoms with Gasteiger partial charge in [0.25, 0.3) is 0 Å². The van der Waals surface area contributed by atoms with Gasteiger partial charge in [-0.25, -0.2) is 4.40 Å². The lowest BCUT2D eigenvalue weighted by molar-refractivity contribution is 1.24. The molecule has 0 fully saturated rings. The van der Waals surface area contributed by atoms with Gasteiger partial charge in [0.05, 0.1) is 10.2 Å². The van der Waals surface area contributed by atoms with Crippen molar-refractivity contribution in [3.63, 3.8) is 0 Å². The molecule has 0 bridgehead atoms. The Labute approximate surface area is 91.3 Å². The highest BCUT2D eigenvalue weighted by molar-refractivity contribution is 7.24. The van der Waals surface area contributed by atoms with E-state index in [0.29, 0.717) is 5.02 Å². The molecule has 0 saturated heterocycles. The molecule has 0 saturated carbocycles. The van der Waals surface area contributed by atoms with Crippen molar-refractivity contribution in [2.24, 2.45) is 0 Å². The minimum absolute atomic E-state index is 0.0476. The van der Waals surface area contributed by atoms with Crippen LogP contribution in [-0.2, 0) is 0 Å². The van der Waals surface area contributed by atoms with Crippen LogP contribution >= 0.6 is 34.5 Å². The third-order valence-corrected chi connectivity index (χ3v) is 3.90. The highest BCUT2D eigenvalue weighted by atomic mass is 35.5. The fourth-order valence-corrected chi connectivity index (χ4v) is 3.34. The molecule has 0 amide bonds. The molecule has 0 aliphatic carbocycles. The van der Waals surface area contributed by atoms with Gasteiger partial charge in [-0.3, -0.25) is 4.79 Å². The zero-order valence-electron chi connectivity index (χ0n) is 6.73. The van der Waals surface area contributed by atoms with Gasteiger partial charge in [0.15, 0.2) is 0 Å². The van der Waals surface area contributed by atoms with Crippen LogP contribution in [0.4, 0.5) is 0 Å². The van der Waals surface area contributed by atoms with E-state index in [2.05, 4.69) is 4.37 Å². The van der Waals surface area contributed by atoms with Crippen molar-refractivity contribution >= 4 is 49.6 Å². The van der Waals surface area contributed by atoms with E-state index in [-0.39, 0.29) is 4.87 Å². The summed E-state index contributed by atoms with van der Waals surface area (Å²) >= 11 is 8.31. The summed E-state index contributed by atoms with van der Waals surface area (Å²) in [6.45, 7) is 0. The molecular formula is C8H3ClN2OS2. The highest BCUT2D eigenvalue weighted by Crippen LogP contribution is 2.26. The lowest BCUT2D eigenvalue weighted by Crippen LogP contribution is -2.00. The Morgan fingerprint density at radius 1 is 1.43 bits per heavy atom. The zero-order chi connectivity index (χ0) is 9.71. The summed E-state index contributed by atoms with van der Waals surface area (Å²) in [6.07, 6.45) is 0. The van der Waals surface area contributed by atoms with Crippen molar-refractivity contribution in [1.29, 1.82) is 0 Å². The lowest BCUT2D eigenvalue weighted by atomic mass is 10.3. The molecule has 3 nitrogen and oxygen atoms in total. The molecular weight excluding hydrogens is 240 g/mol. The van der Waals surface area contributed by atoms with Crippen molar-refractivity contribution in [1.82, 2.24) is 8.77 Å². The Morgan fingerprint density at radius 3 is 3.14 bits per heavy atom. The van der Waals surface area contributed by atoms with E-state index in [1.54, 1.807) is 10.5 Å². The SMILES string of the molecule is O=c1snc2sc3cc(Cl)ccc3n12. The minimum Gasteiger partial charge on any atom is -0.255 e. The summed E-state index contributed by atoms with van der Waals surface area (Å²) in [5.74, 6) is 0. The van der Waals surface area contributed by atoms with Gasteiger partial charge in [0.2, 0.25) is 4.96 Å². The van der Waals surface area contributed by atoms with Crippen molar-refractivity contribution in [2.45, 2.75) is 0 Å². The van der Waals surface area contributed by atoms with Gasteiger partial charge in [-0.05, 0) is 18.2 Å². The number of benzene rings is 1. The number of rotatable bonds is 0. The summed E-state index contributed by atoms with van der Waals surface area (Å²) in [5.41, 5.74) is 0.883. The highest BCUT2D eigenvalue weighted by Gasteiger charge is 2.08. The molecule has 1 aromatic carbocycles. The van der Waals surface area contributed by atoms with Gasteiger partial charge in [0.1, 0.15) is 0 Å². The number of aromatic nitrogens is 2. The summed E-state index contributed by atoms with van der Waals surface area (Å²) in [6, 6.07) is 5.47. The fourth-order valence-electron chi connectivity index (χ4n) is 1.36. The van der Waals surface area contributed by atoms with Crippen LogP contribution in [0, 0.1) is 0 Å². The van der Waals surface area contributed by atoms with Gasteiger partial charge in [-0.1, -0.05) is 22.9 Å². The predicted octanol–water partition coefficient (Wildman–Crippen LogP) is 2.62. The van der Waals surface area contributed by atoms with Crippen LogP contribution in [0.2, 0.25) is 5.02 Å². The molecule has 0 aliphatic rings. The molecule has 6 heteroatoms. The number of hydrogen-bond acceptors (Lipinski definition) is 4. The van der Waals surface area contributed by atoms with Crippen LogP contribution < -0.4 is 4.87 Å². The van der Waals surface area contributed by atoms with E-state index < -0.39 is 0 Å². The topological polar surface area (TPSA) is 34.4 Å². The average Bonchev–Trinajstić information content (AvgIpc) is 2.66. The van der Waals surface area contributed by atoms with Crippen LogP contribution in [-0.4, -0.2) is 8.77 Å². The monoisotopic (exact) mass is 242 g/mol. The molecule has 0 radical (unpaired) electrons. The Balaban J connectivity index is 2.65. The Kier molecular flexibility index (Phi) is 1.67. The molecule has 2 heterocycles. The fraction of sp³-hybridized carbons (Fsp3) is 0. The number of halogens is 1. The second kappa shape index (κ2) is 2.79. The van der Waals surface area contributed by atoms with Gasteiger partial charge in [-0.2, -0.15) is 4.37 Å². The molecule has 3 aromatic rings. The second-order valence-corrected chi connectivity index (χ2v) is 4.94. The Morgan fingerprint density at radius 2 is 2.29 bits per heavy atom. The quantitative estimate of drug-likeness (QED) is 0.607.